The molecule has 0 aliphatic carbocycles. The Bertz CT molecular complexity index is 848. The van der Waals surface area contributed by atoms with Crippen LogP contribution in [0.4, 0.5) is 0 Å². The number of benzene rings is 2. The highest BCUT2D eigenvalue weighted by Gasteiger charge is 2.07. The van der Waals surface area contributed by atoms with Crippen LogP contribution in [-0.2, 0) is 11.3 Å². The molecule has 1 aromatic heterocycles. The van der Waals surface area contributed by atoms with E-state index in [1.807, 2.05) is 29.6 Å². The lowest BCUT2D eigenvalue weighted by Gasteiger charge is -2.06. The molecule has 0 aliphatic rings. The second-order valence-electron chi connectivity index (χ2n) is 5.15. The molecular weight excluding hydrogens is 379 g/mol. The van der Waals surface area contributed by atoms with Gasteiger partial charge < -0.3 is 10.1 Å². The molecule has 0 saturated carbocycles. The number of nitrogens with zero attached hydrogens (tertiary/aromatic N) is 1. The molecule has 0 saturated heterocycles. The van der Waals surface area contributed by atoms with Gasteiger partial charge in [0.1, 0.15) is 10.8 Å². The Hall–Kier alpha value is -2.08. The summed E-state index contributed by atoms with van der Waals surface area (Å²) in [4.78, 5) is 16.4. The van der Waals surface area contributed by atoms with Crippen molar-refractivity contribution >= 4 is 40.4 Å². The zero-order valence-electron chi connectivity index (χ0n) is 13.0. The molecule has 0 spiro atoms. The molecule has 4 nitrogen and oxygen atoms in total. The van der Waals surface area contributed by atoms with Crippen molar-refractivity contribution in [1.82, 2.24) is 10.3 Å². The van der Waals surface area contributed by atoms with Crippen LogP contribution in [0.15, 0.2) is 53.9 Å². The van der Waals surface area contributed by atoms with Crippen molar-refractivity contribution in [3.05, 3.63) is 69.0 Å². The number of nitrogens with one attached hydrogen (secondary N) is 1. The summed E-state index contributed by atoms with van der Waals surface area (Å²) >= 11 is 13.2. The van der Waals surface area contributed by atoms with Crippen molar-refractivity contribution in [3.63, 3.8) is 0 Å². The molecule has 0 bridgehead atoms. The van der Waals surface area contributed by atoms with Gasteiger partial charge in [0.2, 0.25) is 0 Å². The second kappa shape index (κ2) is 8.34. The number of aromatic nitrogens is 1. The van der Waals surface area contributed by atoms with Crippen molar-refractivity contribution < 1.29 is 9.53 Å². The minimum Gasteiger partial charge on any atom is -0.484 e. The molecule has 25 heavy (non-hydrogen) atoms. The molecule has 0 radical (unpaired) electrons. The van der Waals surface area contributed by atoms with Crippen LogP contribution in [0.5, 0.6) is 5.75 Å². The Morgan fingerprint density at radius 1 is 1.04 bits per heavy atom. The first-order valence-corrected chi connectivity index (χ1v) is 9.09. The summed E-state index contributed by atoms with van der Waals surface area (Å²) in [7, 11) is 0. The molecule has 3 aromatic rings. The summed E-state index contributed by atoms with van der Waals surface area (Å²) < 4.78 is 5.40. The summed E-state index contributed by atoms with van der Waals surface area (Å²) in [6, 6.07) is 14.3. The van der Waals surface area contributed by atoms with Gasteiger partial charge in [0, 0.05) is 21.0 Å². The summed E-state index contributed by atoms with van der Waals surface area (Å²) in [5.74, 6) is 0.386. The third-order valence-electron chi connectivity index (χ3n) is 3.31. The highest BCUT2D eigenvalue weighted by atomic mass is 35.5. The number of carbonyl (C=O) groups excluding carboxylic acids is 1. The van der Waals surface area contributed by atoms with Crippen LogP contribution >= 0.6 is 34.5 Å². The number of ether oxygens (including phenoxy) is 1. The van der Waals surface area contributed by atoms with E-state index in [0.29, 0.717) is 22.3 Å². The fourth-order valence-electron chi connectivity index (χ4n) is 2.05. The van der Waals surface area contributed by atoms with Gasteiger partial charge >= 0.3 is 0 Å². The van der Waals surface area contributed by atoms with Crippen LogP contribution in [0.2, 0.25) is 10.0 Å². The third-order valence-corrected chi connectivity index (χ3v) is 4.66. The number of thiazole rings is 1. The van der Waals surface area contributed by atoms with Crippen molar-refractivity contribution in [2.45, 2.75) is 6.54 Å². The lowest BCUT2D eigenvalue weighted by atomic mass is 10.2. The average molecular weight is 393 g/mol. The first kappa shape index (κ1) is 17.7. The maximum atomic E-state index is 11.9. The summed E-state index contributed by atoms with van der Waals surface area (Å²) in [5.41, 5.74) is 1.85. The van der Waals surface area contributed by atoms with Crippen molar-refractivity contribution in [2.24, 2.45) is 0 Å². The predicted molar refractivity (Wildman–Crippen MR) is 101 cm³/mol. The maximum Gasteiger partial charge on any atom is 0.258 e. The molecule has 1 amide bonds. The topological polar surface area (TPSA) is 51.2 Å². The Morgan fingerprint density at radius 3 is 2.36 bits per heavy atom. The Morgan fingerprint density at radius 2 is 1.68 bits per heavy atom. The van der Waals surface area contributed by atoms with Gasteiger partial charge in [0.15, 0.2) is 6.61 Å². The maximum absolute atomic E-state index is 11.9. The zero-order valence-corrected chi connectivity index (χ0v) is 15.4. The van der Waals surface area contributed by atoms with E-state index in [2.05, 4.69) is 10.3 Å². The Balaban J connectivity index is 1.49. The van der Waals surface area contributed by atoms with Gasteiger partial charge in [-0.05, 0) is 36.4 Å². The molecule has 1 N–H and O–H groups in total. The van der Waals surface area contributed by atoms with Crippen LogP contribution < -0.4 is 10.1 Å². The first-order valence-electron chi connectivity index (χ1n) is 7.45. The van der Waals surface area contributed by atoms with E-state index in [1.165, 1.54) is 11.3 Å². The van der Waals surface area contributed by atoms with Crippen LogP contribution in [0.3, 0.4) is 0 Å². The Kier molecular flexibility index (Phi) is 5.91. The van der Waals surface area contributed by atoms with Gasteiger partial charge in [0.05, 0.1) is 12.2 Å². The lowest BCUT2D eigenvalue weighted by molar-refractivity contribution is -0.123. The molecule has 128 valence electrons. The normalized spacial score (nSPS) is 10.5. The molecule has 0 aliphatic heterocycles. The van der Waals surface area contributed by atoms with Gasteiger partial charge in [-0.2, -0.15) is 0 Å². The summed E-state index contributed by atoms with van der Waals surface area (Å²) in [6.07, 6.45) is 0. The van der Waals surface area contributed by atoms with Crippen LogP contribution in [0, 0.1) is 0 Å². The highest BCUT2D eigenvalue weighted by Crippen LogP contribution is 2.23. The van der Waals surface area contributed by atoms with Gasteiger partial charge in [-0.3, -0.25) is 4.79 Å². The monoisotopic (exact) mass is 392 g/mol. The molecule has 0 fully saturated rings. The molecule has 1 heterocycles. The second-order valence-corrected chi connectivity index (χ2v) is 6.97. The van der Waals surface area contributed by atoms with Gasteiger partial charge in [-0.1, -0.05) is 35.3 Å². The van der Waals surface area contributed by atoms with Crippen LogP contribution in [0.25, 0.3) is 11.3 Å². The molecule has 3 rings (SSSR count). The molecule has 7 heteroatoms. The number of hydrogen-bond donors (Lipinski definition) is 1. The number of amides is 1. The zero-order chi connectivity index (χ0) is 17.6. The van der Waals surface area contributed by atoms with Gasteiger partial charge in [-0.15, -0.1) is 11.3 Å². The first-order chi connectivity index (χ1) is 12.1. The SMILES string of the molecule is O=C(COc1ccc(Cl)cc1)NCc1nc(-c2ccc(Cl)cc2)cs1. The van der Waals surface area contributed by atoms with E-state index in [4.69, 9.17) is 27.9 Å². The van der Waals surface area contributed by atoms with E-state index < -0.39 is 0 Å². The largest absolute Gasteiger partial charge is 0.484 e. The number of carbonyl (C=O) groups is 1. The molecule has 0 unspecified atom stereocenters. The van der Waals surface area contributed by atoms with Gasteiger partial charge in [-0.25, -0.2) is 4.98 Å². The predicted octanol–water partition coefficient (Wildman–Crippen LogP) is 4.81. The van der Waals surface area contributed by atoms with E-state index in [1.54, 1.807) is 24.3 Å². The minimum absolute atomic E-state index is 0.0585. The highest BCUT2D eigenvalue weighted by molar-refractivity contribution is 7.09. The molecule has 0 atom stereocenters. The minimum atomic E-state index is -0.210. The van der Waals surface area contributed by atoms with Crippen molar-refractivity contribution in [2.75, 3.05) is 6.61 Å². The summed E-state index contributed by atoms with van der Waals surface area (Å²) in [5, 5.41) is 6.88. The Labute approximate surface area is 159 Å². The van der Waals surface area contributed by atoms with Crippen molar-refractivity contribution in [1.29, 1.82) is 0 Å². The summed E-state index contributed by atoms with van der Waals surface area (Å²) in [6.45, 7) is 0.304. The average Bonchev–Trinajstić information content (AvgIpc) is 3.09. The van der Waals surface area contributed by atoms with Crippen LogP contribution in [-0.4, -0.2) is 17.5 Å². The molecular formula is C18H14Cl2N2O2S. The van der Waals surface area contributed by atoms with Gasteiger partial charge in [0.25, 0.3) is 5.91 Å². The van der Waals surface area contributed by atoms with Crippen molar-refractivity contribution in [3.8, 4) is 17.0 Å². The van der Waals surface area contributed by atoms with E-state index in [-0.39, 0.29) is 12.5 Å². The lowest BCUT2D eigenvalue weighted by Crippen LogP contribution is -2.28. The quantitative estimate of drug-likeness (QED) is 0.654. The molecule has 2 aromatic carbocycles. The number of halogens is 2. The number of rotatable bonds is 6. The van der Waals surface area contributed by atoms with E-state index in [0.717, 1.165) is 16.3 Å². The van der Waals surface area contributed by atoms with Crippen LogP contribution in [0.1, 0.15) is 5.01 Å². The third kappa shape index (κ3) is 5.19. The standard InChI is InChI=1S/C18H14Cl2N2O2S/c19-13-3-1-12(2-4-13)16-11-25-18(22-16)9-21-17(23)10-24-15-7-5-14(20)6-8-15/h1-8,11H,9-10H2,(H,21,23). The van der Waals surface area contributed by atoms with E-state index >= 15 is 0 Å². The smallest absolute Gasteiger partial charge is 0.258 e. The van der Waals surface area contributed by atoms with E-state index in [9.17, 15) is 4.79 Å². The fourth-order valence-corrected chi connectivity index (χ4v) is 3.05. The number of hydrogen-bond acceptors (Lipinski definition) is 4. The fraction of sp³-hybridized carbons (Fsp3) is 0.111.